The maximum atomic E-state index is 9.98. The van der Waals surface area contributed by atoms with E-state index in [1.807, 2.05) is 35.7 Å². The first-order chi connectivity index (χ1) is 10.7. The molecule has 3 rings (SSSR count). The first-order valence-corrected chi connectivity index (χ1v) is 7.57. The second-order valence-corrected chi connectivity index (χ2v) is 5.49. The summed E-state index contributed by atoms with van der Waals surface area (Å²) in [5.74, 6) is 0.722. The zero-order valence-corrected chi connectivity index (χ0v) is 13.1. The molecular weight excluding hydrogens is 298 g/mol. The molecule has 0 aliphatic rings. The van der Waals surface area contributed by atoms with Crippen molar-refractivity contribution in [1.29, 1.82) is 0 Å². The summed E-state index contributed by atoms with van der Waals surface area (Å²) in [7, 11) is 3.02. The molecule has 4 nitrogen and oxygen atoms in total. The van der Waals surface area contributed by atoms with Crippen LogP contribution in [0.2, 0.25) is 0 Å². The van der Waals surface area contributed by atoms with Crippen molar-refractivity contribution in [2.24, 2.45) is 0 Å². The van der Waals surface area contributed by atoms with Crippen molar-refractivity contribution in [2.45, 2.75) is 0 Å². The van der Waals surface area contributed by atoms with Crippen LogP contribution >= 0.6 is 11.3 Å². The fourth-order valence-corrected chi connectivity index (χ4v) is 3.00. The van der Waals surface area contributed by atoms with Gasteiger partial charge in [-0.25, -0.2) is 4.98 Å². The van der Waals surface area contributed by atoms with Gasteiger partial charge in [-0.1, -0.05) is 30.3 Å². The van der Waals surface area contributed by atoms with Crippen molar-refractivity contribution < 1.29 is 14.6 Å². The lowest BCUT2D eigenvalue weighted by Crippen LogP contribution is -1.90. The van der Waals surface area contributed by atoms with Crippen molar-refractivity contribution in [3.8, 4) is 39.1 Å². The highest BCUT2D eigenvalue weighted by Crippen LogP contribution is 2.41. The zero-order valence-electron chi connectivity index (χ0n) is 12.2. The number of phenolic OH excluding ortho intramolecular Hbond substituents is 1. The fourth-order valence-electron chi connectivity index (χ4n) is 2.16. The molecule has 0 aliphatic heterocycles. The van der Waals surface area contributed by atoms with Crippen LogP contribution in [0.5, 0.6) is 17.2 Å². The summed E-state index contributed by atoms with van der Waals surface area (Å²) in [6, 6.07) is 13.5. The second-order valence-electron chi connectivity index (χ2n) is 4.63. The molecule has 1 heterocycles. The monoisotopic (exact) mass is 313 g/mol. The Morgan fingerprint density at radius 2 is 1.59 bits per heavy atom. The van der Waals surface area contributed by atoms with E-state index in [1.165, 1.54) is 14.2 Å². The van der Waals surface area contributed by atoms with Crippen molar-refractivity contribution in [2.75, 3.05) is 14.2 Å². The number of methoxy groups -OCH3 is 2. The molecule has 5 heteroatoms. The van der Waals surface area contributed by atoms with Crippen LogP contribution in [-0.4, -0.2) is 24.3 Å². The Bertz CT molecular complexity index is 759. The Balaban J connectivity index is 2.03. The van der Waals surface area contributed by atoms with Crippen molar-refractivity contribution in [3.63, 3.8) is 0 Å². The van der Waals surface area contributed by atoms with E-state index < -0.39 is 0 Å². The van der Waals surface area contributed by atoms with Gasteiger partial charge in [-0.3, -0.25) is 0 Å². The lowest BCUT2D eigenvalue weighted by atomic mass is 10.1. The Morgan fingerprint density at radius 1 is 0.955 bits per heavy atom. The summed E-state index contributed by atoms with van der Waals surface area (Å²) in [6.07, 6.45) is 0. The van der Waals surface area contributed by atoms with Crippen LogP contribution in [-0.2, 0) is 0 Å². The van der Waals surface area contributed by atoms with Gasteiger partial charge < -0.3 is 14.6 Å². The van der Waals surface area contributed by atoms with Gasteiger partial charge >= 0.3 is 0 Å². The third-order valence-corrected chi connectivity index (χ3v) is 4.19. The minimum absolute atomic E-state index is 0.00716. The summed E-state index contributed by atoms with van der Waals surface area (Å²) in [5, 5.41) is 12.9. The Labute approximate surface area is 132 Å². The minimum atomic E-state index is -0.00716. The molecule has 0 saturated carbocycles. The Kier molecular flexibility index (Phi) is 3.98. The Hall–Kier alpha value is -2.53. The van der Waals surface area contributed by atoms with Crippen LogP contribution in [0.1, 0.15) is 0 Å². The number of phenols is 1. The highest BCUT2D eigenvalue weighted by atomic mass is 32.1. The number of aromatic hydroxyl groups is 1. The van der Waals surface area contributed by atoms with E-state index in [1.54, 1.807) is 23.5 Å². The zero-order chi connectivity index (χ0) is 15.5. The molecule has 0 unspecified atom stereocenters. The molecule has 0 fully saturated rings. The van der Waals surface area contributed by atoms with Crippen molar-refractivity contribution in [3.05, 3.63) is 47.8 Å². The maximum Gasteiger partial charge on any atom is 0.200 e. The van der Waals surface area contributed by atoms with Crippen LogP contribution in [0.4, 0.5) is 0 Å². The van der Waals surface area contributed by atoms with Gasteiger partial charge in [0.1, 0.15) is 5.01 Å². The number of aromatic nitrogens is 1. The molecule has 2 aromatic carbocycles. The third-order valence-electron chi connectivity index (χ3n) is 3.30. The second kappa shape index (κ2) is 6.07. The number of ether oxygens (including phenoxy) is 2. The minimum Gasteiger partial charge on any atom is -0.502 e. The number of hydrogen-bond acceptors (Lipinski definition) is 5. The van der Waals surface area contributed by atoms with Gasteiger partial charge in [-0.2, -0.15) is 0 Å². The average Bonchev–Trinajstić information content (AvgIpc) is 3.06. The molecule has 0 atom stereocenters. The first-order valence-electron chi connectivity index (χ1n) is 6.69. The summed E-state index contributed by atoms with van der Waals surface area (Å²) in [5.41, 5.74) is 2.74. The number of hydrogen-bond donors (Lipinski definition) is 1. The first kappa shape index (κ1) is 14.4. The van der Waals surface area contributed by atoms with Crippen molar-refractivity contribution in [1.82, 2.24) is 4.98 Å². The third kappa shape index (κ3) is 2.63. The van der Waals surface area contributed by atoms with E-state index in [-0.39, 0.29) is 5.75 Å². The SMILES string of the molecule is COc1cc(-c2csc(-c3ccccc3)n2)cc(OC)c1O. The summed E-state index contributed by atoms with van der Waals surface area (Å²) < 4.78 is 10.4. The molecule has 3 aromatic rings. The summed E-state index contributed by atoms with van der Waals surface area (Å²) >= 11 is 1.57. The highest BCUT2D eigenvalue weighted by Gasteiger charge is 2.14. The predicted molar refractivity (Wildman–Crippen MR) is 87.8 cm³/mol. The van der Waals surface area contributed by atoms with E-state index >= 15 is 0 Å². The molecule has 112 valence electrons. The summed E-state index contributed by atoms with van der Waals surface area (Å²) in [6.45, 7) is 0. The van der Waals surface area contributed by atoms with E-state index in [0.717, 1.165) is 21.8 Å². The smallest absolute Gasteiger partial charge is 0.200 e. The number of benzene rings is 2. The van der Waals surface area contributed by atoms with Crippen LogP contribution in [0, 0.1) is 0 Å². The van der Waals surface area contributed by atoms with Gasteiger partial charge in [0.25, 0.3) is 0 Å². The largest absolute Gasteiger partial charge is 0.502 e. The van der Waals surface area contributed by atoms with Gasteiger partial charge in [0.15, 0.2) is 11.5 Å². The molecule has 0 saturated heterocycles. The topological polar surface area (TPSA) is 51.6 Å². The summed E-state index contributed by atoms with van der Waals surface area (Å²) in [4.78, 5) is 4.66. The van der Waals surface area contributed by atoms with E-state index in [9.17, 15) is 5.11 Å². The van der Waals surface area contributed by atoms with Crippen LogP contribution in [0.15, 0.2) is 47.8 Å². The maximum absolute atomic E-state index is 9.98. The highest BCUT2D eigenvalue weighted by molar-refractivity contribution is 7.13. The quantitative estimate of drug-likeness (QED) is 0.784. The molecule has 0 amide bonds. The molecule has 1 N–H and O–H groups in total. The standard InChI is InChI=1S/C17H15NO3S/c1-20-14-8-12(9-15(21-2)16(14)19)13-10-22-17(18-13)11-6-4-3-5-7-11/h3-10,19H,1-2H3. The van der Waals surface area contributed by atoms with Crippen LogP contribution in [0.3, 0.4) is 0 Å². The number of nitrogens with zero attached hydrogens (tertiary/aromatic N) is 1. The molecule has 0 bridgehead atoms. The molecule has 22 heavy (non-hydrogen) atoms. The van der Waals surface area contributed by atoms with Gasteiger partial charge in [-0.15, -0.1) is 11.3 Å². The number of rotatable bonds is 4. The average molecular weight is 313 g/mol. The lowest BCUT2D eigenvalue weighted by molar-refractivity contribution is 0.340. The van der Waals surface area contributed by atoms with Gasteiger partial charge in [0, 0.05) is 16.5 Å². The van der Waals surface area contributed by atoms with E-state index in [4.69, 9.17) is 9.47 Å². The normalized spacial score (nSPS) is 10.5. The van der Waals surface area contributed by atoms with E-state index in [2.05, 4.69) is 4.98 Å². The number of thiazole rings is 1. The fraction of sp³-hybridized carbons (Fsp3) is 0.118. The van der Waals surface area contributed by atoms with Gasteiger partial charge in [0.2, 0.25) is 5.75 Å². The Morgan fingerprint density at radius 3 is 2.18 bits per heavy atom. The van der Waals surface area contributed by atoms with Crippen molar-refractivity contribution >= 4 is 11.3 Å². The predicted octanol–water partition coefficient (Wildman–Crippen LogP) is 4.20. The molecular formula is C17H15NO3S. The van der Waals surface area contributed by atoms with Crippen LogP contribution < -0.4 is 9.47 Å². The molecule has 0 spiro atoms. The lowest BCUT2D eigenvalue weighted by Gasteiger charge is -2.10. The van der Waals surface area contributed by atoms with Gasteiger partial charge in [-0.05, 0) is 12.1 Å². The van der Waals surface area contributed by atoms with Gasteiger partial charge in [0.05, 0.1) is 19.9 Å². The van der Waals surface area contributed by atoms with E-state index in [0.29, 0.717) is 11.5 Å². The molecule has 0 radical (unpaired) electrons. The molecule has 1 aromatic heterocycles. The van der Waals surface area contributed by atoms with Crippen LogP contribution in [0.25, 0.3) is 21.8 Å². The molecule has 0 aliphatic carbocycles.